The molecule has 1 atom stereocenters. The Hall–Kier alpha value is -1.42. The van der Waals surface area contributed by atoms with Gasteiger partial charge < -0.3 is 5.11 Å². The summed E-state index contributed by atoms with van der Waals surface area (Å²) in [5.74, 6) is -1.09. The molecule has 1 aromatic carbocycles. The van der Waals surface area contributed by atoms with Crippen LogP contribution in [0.25, 0.3) is 0 Å². The van der Waals surface area contributed by atoms with Gasteiger partial charge in [0.1, 0.15) is 5.82 Å². The number of halogens is 1. The summed E-state index contributed by atoms with van der Waals surface area (Å²) in [6.45, 7) is 5.90. The van der Waals surface area contributed by atoms with E-state index >= 15 is 0 Å². The summed E-state index contributed by atoms with van der Waals surface area (Å²) in [6.07, 6.45) is 0.642. The van der Waals surface area contributed by atoms with Crippen molar-refractivity contribution in [1.29, 1.82) is 0 Å². The first-order chi connectivity index (χ1) is 8.40. The van der Waals surface area contributed by atoms with Crippen molar-refractivity contribution in [2.75, 3.05) is 6.54 Å². The molecular formula is C14H20FNO2. The first-order valence-corrected chi connectivity index (χ1v) is 6.12. The fraction of sp³-hybridized carbons (Fsp3) is 0.500. The predicted molar refractivity (Wildman–Crippen MR) is 69.0 cm³/mol. The third-order valence-electron chi connectivity index (χ3n) is 2.97. The lowest BCUT2D eigenvalue weighted by Crippen LogP contribution is -2.43. The van der Waals surface area contributed by atoms with Gasteiger partial charge in [0.15, 0.2) is 0 Å². The molecule has 1 unspecified atom stereocenters. The summed E-state index contributed by atoms with van der Waals surface area (Å²) in [7, 11) is 0. The van der Waals surface area contributed by atoms with E-state index < -0.39 is 5.97 Å². The predicted octanol–water partition coefficient (Wildman–Crippen LogP) is 2.55. The van der Waals surface area contributed by atoms with Crippen molar-refractivity contribution in [2.45, 2.75) is 39.3 Å². The van der Waals surface area contributed by atoms with Crippen LogP contribution in [-0.2, 0) is 11.2 Å². The summed E-state index contributed by atoms with van der Waals surface area (Å²) >= 11 is 0. The van der Waals surface area contributed by atoms with Crippen LogP contribution in [0.5, 0.6) is 0 Å². The Balaban J connectivity index is 2.72. The average molecular weight is 253 g/mol. The fourth-order valence-corrected chi connectivity index (χ4v) is 2.13. The zero-order valence-corrected chi connectivity index (χ0v) is 11.1. The molecule has 0 aliphatic rings. The highest BCUT2D eigenvalue weighted by atomic mass is 19.1. The van der Waals surface area contributed by atoms with Crippen molar-refractivity contribution in [3.8, 4) is 0 Å². The number of aliphatic carboxylic acids is 1. The Bertz CT molecular complexity index is 407. The van der Waals surface area contributed by atoms with E-state index in [1.165, 1.54) is 12.1 Å². The summed E-state index contributed by atoms with van der Waals surface area (Å²) < 4.78 is 13.1. The smallest absolute Gasteiger partial charge is 0.317 e. The lowest BCUT2D eigenvalue weighted by molar-refractivity contribution is -0.139. The lowest BCUT2D eigenvalue weighted by atomic mass is 10.0. The topological polar surface area (TPSA) is 40.5 Å². The molecule has 4 heteroatoms. The van der Waals surface area contributed by atoms with Gasteiger partial charge in [-0.15, -0.1) is 0 Å². The number of carboxylic acid groups (broad SMARTS) is 1. The molecule has 3 nitrogen and oxygen atoms in total. The molecule has 1 aromatic rings. The van der Waals surface area contributed by atoms with Gasteiger partial charge in [0.2, 0.25) is 0 Å². The molecule has 0 fully saturated rings. The number of benzene rings is 1. The number of carboxylic acids is 1. The maximum atomic E-state index is 13.1. The van der Waals surface area contributed by atoms with E-state index in [-0.39, 0.29) is 24.4 Å². The van der Waals surface area contributed by atoms with Crippen LogP contribution in [0, 0.1) is 5.82 Å². The number of hydrogen-bond acceptors (Lipinski definition) is 2. The largest absolute Gasteiger partial charge is 0.480 e. The van der Waals surface area contributed by atoms with Crippen LogP contribution in [0.3, 0.4) is 0 Å². The van der Waals surface area contributed by atoms with Gasteiger partial charge in [-0.05, 0) is 44.9 Å². The van der Waals surface area contributed by atoms with Gasteiger partial charge in [0, 0.05) is 12.1 Å². The molecule has 0 spiro atoms. The molecule has 0 amide bonds. The lowest BCUT2D eigenvalue weighted by Gasteiger charge is -2.31. The van der Waals surface area contributed by atoms with Crippen LogP contribution in [0.2, 0.25) is 0 Å². The second kappa shape index (κ2) is 6.50. The maximum absolute atomic E-state index is 13.1. The van der Waals surface area contributed by atoms with E-state index in [0.29, 0.717) is 6.42 Å². The molecule has 0 radical (unpaired) electrons. The average Bonchev–Trinajstić information content (AvgIpc) is 2.25. The molecule has 0 aromatic heterocycles. The van der Waals surface area contributed by atoms with E-state index in [1.807, 2.05) is 31.7 Å². The van der Waals surface area contributed by atoms with Crippen molar-refractivity contribution in [3.05, 3.63) is 35.6 Å². The van der Waals surface area contributed by atoms with Crippen LogP contribution >= 0.6 is 0 Å². The van der Waals surface area contributed by atoms with Crippen molar-refractivity contribution in [1.82, 2.24) is 4.90 Å². The minimum atomic E-state index is -0.838. The summed E-state index contributed by atoms with van der Waals surface area (Å²) in [5, 5.41) is 8.89. The first-order valence-electron chi connectivity index (χ1n) is 6.12. The van der Waals surface area contributed by atoms with Crippen LogP contribution in [0.4, 0.5) is 4.39 Å². The minimum Gasteiger partial charge on any atom is -0.480 e. The van der Waals surface area contributed by atoms with E-state index in [9.17, 15) is 9.18 Å². The SMILES string of the molecule is CC(C)N(CC(=O)O)C(C)Cc1cccc(F)c1. The summed E-state index contributed by atoms with van der Waals surface area (Å²) in [4.78, 5) is 12.7. The second-order valence-electron chi connectivity index (χ2n) is 4.84. The second-order valence-corrected chi connectivity index (χ2v) is 4.84. The van der Waals surface area contributed by atoms with Crippen molar-refractivity contribution in [2.24, 2.45) is 0 Å². The summed E-state index contributed by atoms with van der Waals surface area (Å²) in [5.41, 5.74) is 0.888. The third kappa shape index (κ3) is 4.45. The van der Waals surface area contributed by atoms with Crippen LogP contribution < -0.4 is 0 Å². The molecule has 1 rings (SSSR count). The van der Waals surface area contributed by atoms with Gasteiger partial charge in [-0.3, -0.25) is 9.69 Å². The van der Waals surface area contributed by atoms with E-state index in [4.69, 9.17) is 5.11 Å². The monoisotopic (exact) mass is 253 g/mol. The third-order valence-corrected chi connectivity index (χ3v) is 2.97. The van der Waals surface area contributed by atoms with Gasteiger partial charge in [-0.1, -0.05) is 12.1 Å². The van der Waals surface area contributed by atoms with E-state index in [1.54, 1.807) is 6.07 Å². The number of nitrogens with zero attached hydrogens (tertiary/aromatic N) is 1. The van der Waals surface area contributed by atoms with Crippen LogP contribution in [0.1, 0.15) is 26.3 Å². The molecule has 18 heavy (non-hydrogen) atoms. The molecule has 0 saturated carbocycles. The number of rotatable bonds is 6. The molecule has 100 valence electrons. The highest BCUT2D eigenvalue weighted by Gasteiger charge is 2.20. The van der Waals surface area contributed by atoms with E-state index in [2.05, 4.69) is 0 Å². The quantitative estimate of drug-likeness (QED) is 0.847. The number of hydrogen-bond donors (Lipinski definition) is 1. The van der Waals surface area contributed by atoms with Gasteiger partial charge in [-0.25, -0.2) is 4.39 Å². The fourth-order valence-electron chi connectivity index (χ4n) is 2.13. The zero-order chi connectivity index (χ0) is 13.7. The number of carbonyl (C=O) groups is 1. The molecule has 0 heterocycles. The molecule has 0 aliphatic carbocycles. The zero-order valence-electron chi connectivity index (χ0n) is 11.1. The Morgan fingerprint density at radius 2 is 2.06 bits per heavy atom. The van der Waals surface area contributed by atoms with Gasteiger partial charge in [-0.2, -0.15) is 0 Å². The Morgan fingerprint density at radius 1 is 1.39 bits per heavy atom. The van der Waals surface area contributed by atoms with Crippen molar-refractivity contribution >= 4 is 5.97 Å². The Morgan fingerprint density at radius 3 is 2.56 bits per heavy atom. The molecule has 1 N–H and O–H groups in total. The van der Waals surface area contributed by atoms with Crippen molar-refractivity contribution in [3.63, 3.8) is 0 Å². The Labute approximate surface area is 107 Å². The Kier molecular flexibility index (Phi) is 5.28. The van der Waals surface area contributed by atoms with Crippen LogP contribution in [0.15, 0.2) is 24.3 Å². The standard InChI is InChI=1S/C14H20FNO2/c1-10(2)16(9-14(17)18)11(3)7-12-5-4-6-13(15)8-12/h4-6,8,10-11H,7,9H2,1-3H3,(H,17,18). The highest BCUT2D eigenvalue weighted by molar-refractivity contribution is 5.69. The first kappa shape index (κ1) is 14.6. The van der Waals surface area contributed by atoms with Gasteiger partial charge in [0.05, 0.1) is 6.54 Å². The van der Waals surface area contributed by atoms with Crippen molar-refractivity contribution < 1.29 is 14.3 Å². The minimum absolute atomic E-state index is 0.00808. The molecule has 0 aliphatic heterocycles. The van der Waals surface area contributed by atoms with E-state index in [0.717, 1.165) is 5.56 Å². The molecule has 0 bridgehead atoms. The highest BCUT2D eigenvalue weighted by Crippen LogP contribution is 2.12. The summed E-state index contributed by atoms with van der Waals surface area (Å²) in [6, 6.07) is 6.64. The maximum Gasteiger partial charge on any atom is 0.317 e. The normalized spacial score (nSPS) is 13.0. The molecule has 0 saturated heterocycles. The van der Waals surface area contributed by atoms with Crippen LogP contribution in [-0.4, -0.2) is 34.6 Å². The molecular weight excluding hydrogens is 233 g/mol. The van der Waals surface area contributed by atoms with Gasteiger partial charge in [0.25, 0.3) is 0 Å². The van der Waals surface area contributed by atoms with Gasteiger partial charge >= 0.3 is 5.97 Å².